The summed E-state index contributed by atoms with van der Waals surface area (Å²) in [7, 11) is 0. The molecule has 1 aromatic heterocycles. The number of amides is 1. The molecule has 6 nitrogen and oxygen atoms in total. The van der Waals surface area contributed by atoms with Crippen molar-refractivity contribution >= 4 is 5.91 Å². The van der Waals surface area contributed by atoms with Crippen molar-refractivity contribution in [2.45, 2.75) is 32.8 Å². The normalized spacial score (nSPS) is 11.5. The first-order valence-corrected chi connectivity index (χ1v) is 4.65. The van der Waals surface area contributed by atoms with Gasteiger partial charge < -0.3 is 14.9 Å². The average Bonchev–Trinajstić information content (AvgIpc) is 2.47. The van der Waals surface area contributed by atoms with Crippen LogP contribution in [0.3, 0.4) is 0 Å². The van der Waals surface area contributed by atoms with Gasteiger partial charge in [-0.3, -0.25) is 4.79 Å². The molecule has 1 aromatic rings. The number of nitrogens with one attached hydrogen (secondary N) is 1. The van der Waals surface area contributed by atoms with Gasteiger partial charge in [-0.1, -0.05) is 5.16 Å². The van der Waals surface area contributed by atoms with E-state index >= 15 is 0 Å². The zero-order chi connectivity index (χ0) is 11.5. The lowest BCUT2D eigenvalue weighted by Gasteiger charge is -2.17. The van der Waals surface area contributed by atoms with Crippen LogP contribution in [0.1, 0.15) is 25.6 Å². The summed E-state index contributed by atoms with van der Waals surface area (Å²) in [6, 6.07) is 0. The van der Waals surface area contributed by atoms with E-state index in [0.29, 0.717) is 11.7 Å². The molecule has 2 N–H and O–H groups in total. The third kappa shape index (κ3) is 4.55. The zero-order valence-electron chi connectivity index (χ0n) is 9.07. The topological polar surface area (TPSA) is 88.2 Å². The van der Waals surface area contributed by atoms with Gasteiger partial charge in [-0.15, -0.1) is 0 Å². The van der Waals surface area contributed by atoms with E-state index in [9.17, 15) is 9.90 Å². The second kappa shape index (κ2) is 4.39. The fourth-order valence-corrected chi connectivity index (χ4v) is 0.934. The lowest BCUT2D eigenvalue weighted by Crippen LogP contribution is -2.38. The van der Waals surface area contributed by atoms with E-state index in [-0.39, 0.29) is 18.9 Å². The van der Waals surface area contributed by atoms with E-state index in [1.54, 1.807) is 20.8 Å². The number of aryl methyl sites for hydroxylation is 1. The average molecular weight is 213 g/mol. The number of hydrogen-bond acceptors (Lipinski definition) is 5. The van der Waals surface area contributed by atoms with Gasteiger partial charge in [0.05, 0.1) is 12.0 Å². The molecule has 0 aliphatic carbocycles. The third-order valence-corrected chi connectivity index (χ3v) is 1.61. The molecule has 0 aliphatic heterocycles. The summed E-state index contributed by atoms with van der Waals surface area (Å²) in [6.45, 7) is 5.09. The van der Waals surface area contributed by atoms with Crippen molar-refractivity contribution in [3.63, 3.8) is 0 Å². The van der Waals surface area contributed by atoms with Crippen molar-refractivity contribution in [1.82, 2.24) is 15.5 Å². The zero-order valence-corrected chi connectivity index (χ0v) is 9.07. The summed E-state index contributed by atoms with van der Waals surface area (Å²) in [6.07, 6.45) is 0.0629. The van der Waals surface area contributed by atoms with Crippen LogP contribution in [-0.4, -0.2) is 33.3 Å². The molecule has 0 unspecified atom stereocenters. The van der Waals surface area contributed by atoms with E-state index in [0.717, 1.165) is 0 Å². The second-order valence-electron chi connectivity index (χ2n) is 4.00. The molecule has 6 heteroatoms. The van der Waals surface area contributed by atoms with Crippen LogP contribution >= 0.6 is 0 Å². The minimum Gasteiger partial charge on any atom is -0.389 e. The summed E-state index contributed by atoms with van der Waals surface area (Å²) < 4.78 is 4.72. The third-order valence-electron chi connectivity index (χ3n) is 1.61. The predicted molar refractivity (Wildman–Crippen MR) is 52.0 cm³/mol. The Kier molecular flexibility index (Phi) is 3.41. The lowest BCUT2D eigenvalue weighted by atomic mass is 10.1. The number of nitrogens with zero attached hydrogens (tertiary/aromatic N) is 2. The highest BCUT2D eigenvalue weighted by molar-refractivity contribution is 5.77. The van der Waals surface area contributed by atoms with Crippen molar-refractivity contribution < 1.29 is 14.4 Å². The maximum absolute atomic E-state index is 11.3. The molecule has 0 bridgehead atoms. The number of rotatable bonds is 4. The molecule has 1 amide bonds. The summed E-state index contributed by atoms with van der Waals surface area (Å²) in [4.78, 5) is 15.2. The number of aromatic nitrogens is 2. The van der Waals surface area contributed by atoms with Crippen molar-refractivity contribution in [3.05, 3.63) is 11.7 Å². The van der Waals surface area contributed by atoms with Crippen LogP contribution < -0.4 is 5.32 Å². The first kappa shape index (κ1) is 11.6. The standard InChI is InChI=1S/C9H15N3O3/c1-6-11-7(12-15-6)4-8(13)10-5-9(2,3)14/h14H,4-5H2,1-3H3,(H,10,13). The molecule has 1 heterocycles. The van der Waals surface area contributed by atoms with Crippen LogP contribution in [0.2, 0.25) is 0 Å². The van der Waals surface area contributed by atoms with Crippen LogP contribution in [0, 0.1) is 6.92 Å². The van der Waals surface area contributed by atoms with Crippen molar-refractivity contribution in [1.29, 1.82) is 0 Å². The molecule has 0 saturated heterocycles. The summed E-state index contributed by atoms with van der Waals surface area (Å²) in [5, 5.41) is 15.5. The van der Waals surface area contributed by atoms with Gasteiger partial charge in [0.25, 0.3) is 0 Å². The van der Waals surface area contributed by atoms with E-state index in [2.05, 4.69) is 15.5 Å². The molecular weight excluding hydrogens is 198 g/mol. The van der Waals surface area contributed by atoms with E-state index in [1.165, 1.54) is 0 Å². The maximum atomic E-state index is 11.3. The summed E-state index contributed by atoms with van der Waals surface area (Å²) in [5.41, 5.74) is -0.914. The first-order chi connectivity index (χ1) is 6.87. The molecule has 0 aliphatic rings. The SMILES string of the molecule is Cc1nc(CC(=O)NCC(C)(C)O)no1. The molecule has 0 spiro atoms. The first-order valence-electron chi connectivity index (χ1n) is 4.65. The van der Waals surface area contributed by atoms with Gasteiger partial charge in [0.15, 0.2) is 5.82 Å². The second-order valence-corrected chi connectivity index (χ2v) is 4.00. The lowest BCUT2D eigenvalue weighted by molar-refractivity contribution is -0.121. The molecule has 15 heavy (non-hydrogen) atoms. The van der Waals surface area contributed by atoms with Crippen molar-refractivity contribution in [3.8, 4) is 0 Å². The van der Waals surface area contributed by atoms with E-state index in [1.807, 2.05) is 0 Å². The Hall–Kier alpha value is -1.43. The smallest absolute Gasteiger partial charge is 0.227 e. The highest BCUT2D eigenvalue weighted by Gasteiger charge is 2.15. The minimum atomic E-state index is -0.914. The molecule has 84 valence electrons. The number of carbonyl (C=O) groups is 1. The highest BCUT2D eigenvalue weighted by atomic mass is 16.5. The summed E-state index contributed by atoms with van der Waals surface area (Å²) >= 11 is 0. The molecule has 0 aromatic carbocycles. The highest BCUT2D eigenvalue weighted by Crippen LogP contribution is 1.99. The predicted octanol–water partition coefficient (Wildman–Crippen LogP) is -0.192. The van der Waals surface area contributed by atoms with Crippen molar-refractivity contribution in [2.75, 3.05) is 6.54 Å². The van der Waals surface area contributed by atoms with Crippen LogP contribution in [0.5, 0.6) is 0 Å². The van der Waals surface area contributed by atoms with Crippen LogP contribution in [0.4, 0.5) is 0 Å². The van der Waals surface area contributed by atoms with Crippen LogP contribution in [0.15, 0.2) is 4.52 Å². The van der Waals surface area contributed by atoms with Crippen molar-refractivity contribution in [2.24, 2.45) is 0 Å². The molecule has 0 atom stereocenters. The van der Waals surface area contributed by atoms with Gasteiger partial charge in [-0.05, 0) is 13.8 Å². The fraction of sp³-hybridized carbons (Fsp3) is 0.667. The Morgan fingerprint density at radius 1 is 1.60 bits per heavy atom. The van der Waals surface area contributed by atoms with Gasteiger partial charge in [0, 0.05) is 13.5 Å². The van der Waals surface area contributed by atoms with Gasteiger partial charge in [0.1, 0.15) is 0 Å². The fourth-order valence-electron chi connectivity index (χ4n) is 0.934. The molecule has 0 fully saturated rings. The molecular formula is C9H15N3O3. The Morgan fingerprint density at radius 2 is 2.27 bits per heavy atom. The largest absolute Gasteiger partial charge is 0.389 e. The Balaban J connectivity index is 2.37. The van der Waals surface area contributed by atoms with Gasteiger partial charge in [0.2, 0.25) is 11.8 Å². The maximum Gasteiger partial charge on any atom is 0.227 e. The quantitative estimate of drug-likeness (QED) is 0.723. The molecule has 0 saturated carbocycles. The molecule has 0 radical (unpaired) electrons. The Labute approximate surface area is 87.7 Å². The van der Waals surface area contributed by atoms with Crippen LogP contribution in [-0.2, 0) is 11.2 Å². The Morgan fingerprint density at radius 3 is 2.73 bits per heavy atom. The van der Waals surface area contributed by atoms with E-state index < -0.39 is 5.60 Å². The van der Waals surface area contributed by atoms with Gasteiger partial charge in [-0.2, -0.15) is 4.98 Å². The number of carbonyl (C=O) groups excluding carboxylic acids is 1. The monoisotopic (exact) mass is 213 g/mol. The minimum absolute atomic E-state index is 0.0629. The summed E-state index contributed by atoms with van der Waals surface area (Å²) in [5.74, 6) is 0.541. The number of aliphatic hydroxyl groups is 1. The Bertz CT molecular complexity index is 341. The number of hydrogen-bond donors (Lipinski definition) is 2. The molecule has 1 rings (SSSR count). The van der Waals surface area contributed by atoms with Gasteiger partial charge >= 0.3 is 0 Å². The van der Waals surface area contributed by atoms with E-state index in [4.69, 9.17) is 4.52 Å². The van der Waals surface area contributed by atoms with Crippen LogP contribution in [0.25, 0.3) is 0 Å². The van der Waals surface area contributed by atoms with Gasteiger partial charge in [-0.25, -0.2) is 0 Å².